The van der Waals surface area contributed by atoms with Gasteiger partial charge in [0.1, 0.15) is 5.69 Å². The molecule has 122 valence electrons. The summed E-state index contributed by atoms with van der Waals surface area (Å²) in [6.07, 6.45) is 6.15. The molecule has 1 saturated heterocycles. The van der Waals surface area contributed by atoms with Crippen LogP contribution in [0.1, 0.15) is 18.5 Å². The van der Waals surface area contributed by atoms with E-state index in [9.17, 15) is 4.79 Å². The average molecular weight is 317 g/mol. The Balaban J connectivity index is 1.51. The Morgan fingerprint density at radius 3 is 2.91 bits per heavy atom. The molecule has 0 aliphatic carbocycles. The second kappa shape index (κ2) is 7.73. The van der Waals surface area contributed by atoms with Crippen LogP contribution >= 0.6 is 0 Å². The summed E-state index contributed by atoms with van der Waals surface area (Å²) >= 11 is 0. The van der Waals surface area contributed by atoms with Crippen molar-refractivity contribution in [2.75, 3.05) is 19.8 Å². The van der Waals surface area contributed by atoms with Gasteiger partial charge in [0, 0.05) is 25.6 Å². The van der Waals surface area contributed by atoms with Crippen LogP contribution in [0.5, 0.6) is 0 Å². The second-order valence-corrected chi connectivity index (χ2v) is 5.34. The molecule has 0 bridgehead atoms. The molecule has 1 aliphatic rings. The molecule has 7 heteroatoms. The molecule has 7 nitrogen and oxygen atoms in total. The van der Waals surface area contributed by atoms with E-state index >= 15 is 0 Å². The molecular weight excluding hydrogens is 298 g/mol. The van der Waals surface area contributed by atoms with Gasteiger partial charge in [0.15, 0.2) is 5.76 Å². The molecule has 3 heterocycles. The van der Waals surface area contributed by atoms with E-state index < -0.39 is 6.09 Å². The van der Waals surface area contributed by atoms with Crippen molar-refractivity contribution in [1.82, 2.24) is 15.3 Å². The summed E-state index contributed by atoms with van der Waals surface area (Å²) in [5, 5.41) is 2.70. The summed E-state index contributed by atoms with van der Waals surface area (Å²) in [5.74, 6) is 0.996. The first-order valence-electron chi connectivity index (χ1n) is 7.65. The van der Waals surface area contributed by atoms with Gasteiger partial charge >= 0.3 is 6.09 Å². The van der Waals surface area contributed by atoms with Gasteiger partial charge < -0.3 is 19.2 Å². The van der Waals surface area contributed by atoms with E-state index in [-0.39, 0.29) is 6.54 Å². The number of amides is 1. The Morgan fingerprint density at radius 1 is 1.30 bits per heavy atom. The van der Waals surface area contributed by atoms with E-state index in [2.05, 4.69) is 15.3 Å². The highest BCUT2D eigenvalue weighted by atomic mass is 16.5. The van der Waals surface area contributed by atoms with Crippen LogP contribution in [-0.4, -0.2) is 35.9 Å². The lowest BCUT2D eigenvalue weighted by Crippen LogP contribution is -2.28. The number of furan rings is 1. The number of rotatable bonds is 5. The molecule has 2 aromatic rings. The van der Waals surface area contributed by atoms with Gasteiger partial charge in [-0.3, -0.25) is 4.98 Å². The van der Waals surface area contributed by atoms with Gasteiger partial charge in [-0.1, -0.05) is 0 Å². The highest BCUT2D eigenvalue weighted by Gasteiger charge is 2.16. The molecule has 1 N–H and O–H groups in total. The van der Waals surface area contributed by atoms with Crippen LogP contribution in [0.4, 0.5) is 4.79 Å². The molecule has 2 aromatic heterocycles. The zero-order valence-electron chi connectivity index (χ0n) is 12.7. The van der Waals surface area contributed by atoms with E-state index in [1.807, 2.05) is 0 Å². The first-order valence-corrected chi connectivity index (χ1v) is 7.65. The van der Waals surface area contributed by atoms with Gasteiger partial charge in [-0.15, -0.1) is 0 Å². The van der Waals surface area contributed by atoms with Crippen LogP contribution in [0, 0.1) is 5.92 Å². The normalized spacial score (nSPS) is 15.3. The lowest BCUT2D eigenvalue weighted by Gasteiger charge is -2.21. The monoisotopic (exact) mass is 317 g/mol. The molecule has 0 spiro atoms. The Bertz CT molecular complexity index is 624. The predicted molar refractivity (Wildman–Crippen MR) is 81.5 cm³/mol. The SMILES string of the molecule is O=C(NCc1nccnc1-c1ccco1)OCC1CCOCC1. The maximum Gasteiger partial charge on any atom is 0.407 e. The summed E-state index contributed by atoms with van der Waals surface area (Å²) in [6, 6.07) is 3.58. The number of ether oxygens (including phenoxy) is 2. The number of hydrogen-bond acceptors (Lipinski definition) is 6. The summed E-state index contributed by atoms with van der Waals surface area (Å²) in [6.45, 7) is 2.13. The zero-order valence-corrected chi connectivity index (χ0v) is 12.7. The van der Waals surface area contributed by atoms with Crippen molar-refractivity contribution >= 4 is 6.09 Å². The molecule has 1 aliphatic heterocycles. The number of nitrogens with one attached hydrogen (secondary N) is 1. The zero-order chi connectivity index (χ0) is 15.9. The molecule has 0 saturated carbocycles. The van der Waals surface area contributed by atoms with Crippen LogP contribution in [0.15, 0.2) is 35.2 Å². The fourth-order valence-corrected chi connectivity index (χ4v) is 2.43. The Hall–Kier alpha value is -2.41. The van der Waals surface area contributed by atoms with Crippen molar-refractivity contribution in [3.63, 3.8) is 0 Å². The number of alkyl carbamates (subject to hydrolysis) is 1. The van der Waals surface area contributed by atoms with Gasteiger partial charge in [0.25, 0.3) is 0 Å². The minimum absolute atomic E-state index is 0.233. The maximum absolute atomic E-state index is 11.8. The molecular formula is C16H19N3O4. The van der Waals surface area contributed by atoms with Crippen LogP contribution in [-0.2, 0) is 16.0 Å². The minimum atomic E-state index is -0.451. The third kappa shape index (κ3) is 4.29. The van der Waals surface area contributed by atoms with Gasteiger partial charge in [-0.05, 0) is 30.9 Å². The molecule has 0 aromatic carbocycles. The van der Waals surface area contributed by atoms with Gasteiger partial charge in [-0.2, -0.15) is 0 Å². The maximum atomic E-state index is 11.8. The largest absolute Gasteiger partial charge is 0.463 e. The first kappa shape index (κ1) is 15.5. The molecule has 0 radical (unpaired) electrons. The topological polar surface area (TPSA) is 86.5 Å². The van der Waals surface area contributed by atoms with Crippen LogP contribution in [0.3, 0.4) is 0 Å². The number of hydrogen-bond donors (Lipinski definition) is 1. The Labute approximate surface area is 134 Å². The van der Waals surface area contributed by atoms with E-state index in [1.165, 1.54) is 0 Å². The minimum Gasteiger partial charge on any atom is -0.463 e. The van der Waals surface area contributed by atoms with Crippen LogP contribution in [0.25, 0.3) is 11.5 Å². The van der Waals surface area contributed by atoms with Crippen molar-refractivity contribution in [2.45, 2.75) is 19.4 Å². The number of aromatic nitrogens is 2. The number of carbonyl (C=O) groups excluding carboxylic acids is 1. The fraction of sp³-hybridized carbons (Fsp3) is 0.438. The molecule has 0 atom stereocenters. The second-order valence-electron chi connectivity index (χ2n) is 5.34. The van der Waals surface area contributed by atoms with E-state index in [0.29, 0.717) is 29.7 Å². The third-order valence-electron chi connectivity index (χ3n) is 3.72. The Kier molecular flexibility index (Phi) is 5.21. The highest BCUT2D eigenvalue weighted by Crippen LogP contribution is 2.20. The van der Waals surface area contributed by atoms with E-state index in [4.69, 9.17) is 13.9 Å². The van der Waals surface area contributed by atoms with Gasteiger partial charge in [-0.25, -0.2) is 9.78 Å². The summed E-state index contributed by atoms with van der Waals surface area (Å²) < 4.78 is 15.9. The average Bonchev–Trinajstić information content (AvgIpc) is 3.14. The third-order valence-corrected chi connectivity index (χ3v) is 3.72. The Morgan fingerprint density at radius 2 is 2.13 bits per heavy atom. The highest BCUT2D eigenvalue weighted by molar-refractivity contribution is 5.67. The van der Waals surface area contributed by atoms with E-state index in [1.54, 1.807) is 30.8 Å². The van der Waals surface area contributed by atoms with Gasteiger partial charge in [0.2, 0.25) is 0 Å². The molecule has 1 amide bonds. The standard InChI is InChI=1S/C16H19N3O4/c20-16(23-11-12-3-8-21-9-4-12)19-10-13-15(18-6-5-17-13)14-2-1-7-22-14/h1-2,5-7,12H,3-4,8-11H2,(H,19,20). The van der Waals surface area contributed by atoms with Crippen molar-refractivity contribution in [3.8, 4) is 11.5 Å². The van der Waals surface area contributed by atoms with Crippen molar-refractivity contribution in [2.24, 2.45) is 5.92 Å². The van der Waals surface area contributed by atoms with Crippen LogP contribution in [0.2, 0.25) is 0 Å². The molecule has 0 unspecified atom stereocenters. The molecule has 23 heavy (non-hydrogen) atoms. The van der Waals surface area contributed by atoms with Gasteiger partial charge in [0.05, 0.1) is 25.1 Å². The predicted octanol–water partition coefficient (Wildman–Crippen LogP) is 2.39. The van der Waals surface area contributed by atoms with Crippen molar-refractivity contribution < 1.29 is 18.7 Å². The van der Waals surface area contributed by atoms with Crippen molar-refractivity contribution in [1.29, 1.82) is 0 Å². The first-order chi connectivity index (χ1) is 11.3. The van der Waals surface area contributed by atoms with Crippen molar-refractivity contribution in [3.05, 3.63) is 36.5 Å². The summed E-state index contributed by atoms with van der Waals surface area (Å²) in [4.78, 5) is 20.3. The summed E-state index contributed by atoms with van der Waals surface area (Å²) in [7, 11) is 0. The van der Waals surface area contributed by atoms with Crippen LogP contribution < -0.4 is 5.32 Å². The lowest BCUT2D eigenvalue weighted by atomic mass is 10.0. The fourth-order valence-electron chi connectivity index (χ4n) is 2.43. The smallest absolute Gasteiger partial charge is 0.407 e. The molecule has 1 fully saturated rings. The number of nitrogens with zero attached hydrogens (tertiary/aromatic N) is 2. The van der Waals surface area contributed by atoms with E-state index in [0.717, 1.165) is 26.1 Å². The summed E-state index contributed by atoms with van der Waals surface area (Å²) in [5.41, 5.74) is 1.24. The number of carbonyl (C=O) groups is 1. The molecule has 3 rings (SSSR count). The quantitative estimate of drug-likeness (QED) is 0.911. The lowest BCUT2D eigenvalue weighted by molar-refractivity contribution is 0.0379.